The Kier molecular flexibility index (Phi) is 6.61. The summed E-state index contributed by atoms with van der Waals surface area (Å²) in [4.78, 5) is 22.8. The van der Waals surface area contributed by atoms with E-state index in [-0.39, 0.29) is 31.0 Å². The number of hydrogen-bond donors (Lipinski definition) is 2. The van der Waals surface area contributed by atoms with Crippen LogP contribution in [0.5, 0.6) is 5.75 Å². The van der Waals surface area contributed by atoms with Crippen LogP contribution in [0.25, 0.3) is 0 Å². The van der Waals surface area contributed by atoms with E-state index in [4.69, 9.17) is 4.74 Å². The largest absolute Gasteiger partial charge is 0.484 e. The highest BCUT2D eigenvalue weighted by Gasteiger charge is 2.07. The Bertz CT molecular complexity index is 432. The summed E-state index contributed by atoms with van der Waals surface area (Å²) >= 11 is 2.19. The molecule has 0 aromatic heterocycles. The first-order chi connectivity index (χ1) is 8.97. The molecule has 104 valence electrons. The summed E-state index contributed by atoms with van der Waals surface area (Å²) in [7, 11) is 0. The lowest BCUT2D eigenvalue weighted by Gasteiger charge is -2.10. The molecule has 1 aromatic rings. The zero-order valence-corrected chi connectivity index (χ0v) is 13.1. The molecule has 0 radical (unpaired) electrons. The fourth-order valence-electron chi connectivity index (χ4n) is 1.28. The van der Waals surface area contributed by atoms with Crippen molar-refractivity contribution >= 4 is 34.4 Å². The van der Waals surface area contributed by atoms with Gasteiger partial charge in [-0.1, -0.05) is 0 Å². The van der Waals surface area contributed by atoms with Crippen molar-refractivity contribution in [3.05, 3.63) is 27.8 Å². The Hall–Kier alpha value is -1.31. The summed E-state index contributed by atoms with van der Waals surface area (Å²) in [5.41, 5.74) is 0. The summed E-state index contributed by atoms with van der Waals surface area (Å²) < 4.78 is 6.39. The van der Waals surface area contributed by atoms with Crippen molar-refractivity contribution in [2.75, 3.05) is 13.2 Å². The van der Waals surface area contributed by atoms with Crippen LogP contribution in [0, 0.1) is 3.57 Å². The molecule has 0 saturated carbocycles. The third-order valence-electron chi connectivity index (χ3n) is 2.08. The molecular weight excluding hydrogens is 359 g/mol. The summed E-state index contributed by atoms with van der Waals surface area (Å²) in [6.07, 6.45) is 0. The van der Waals surface area contributed by atoms with Gasteiger partial charge in [0.05, 0.1) is 6.54 Å². The first-order valence-electron chi connectivity index (χ1n) is 5.92. The SMILES string of the molecule is CC(C)NC(=O)CNC(=O)COc1ccc(I)cc1. The number of halogens is 1. The minimum atomic E-state index is -0.322. The minimum absolute atomic E-state index is 0.0347. The molecule has 0 heterocycles. The fourth-order valence-corrected chi connectivity index (χ4v) is 1.64. The monoisotopic (exact) mass is 376 g/mol. The Labute approximate surface area is 126 Å². The van der Waals surface area contributed by atoms with Crippen LogP contribution in [-0.4, -0.2) is 31.0 Å². The van der Waals surface area contributed by atoms with E-state index in [2.05, 4.69) is 33.2 Å². The van der Waals surface area contributed by atoms with E-state index in [1.165, 1.54) is 0 Å². The van der Waals surface area contributed by atoms with Gasteiger partial charge in [-0.25, -0.2) is 0 Å². The summed E-state index contributed by atoms with van der Waals surface area (Å²) in [5.74, 6) is 0.0947. The normalized spacial score (nSPS) is 10.1. The third kappa shape index (κ3) is 7.00. The lowest BCUT2D eigenvalue weighted by molar-refractivity contribution is -0.127. The molecule has 2 N–H and O–H groups in total. The maximum absolute atomic E-state index is 11.5. The van der Waals surface area contributed by atoms with Crippen LogP contribution < -0.4 is 15.4 Å². The zero-order valence-electron chi connectivity index (χ0n) is 10.9. The van der Waals surface area contributed by atoms with Crippen molar-refractivity contribution in [2.24, 2.45) is 0 Å². The third-order valence-corrected chi connectivity index (χ3v) is 2.80. The first-order valence-corrected chi connectivity index (χ1v) is 6.99. The number of benzene rings is 1. The molecule has 0 aliphatic rings. The molecule has 0 fully saturated rings. The van der Waals surface area contributed by atoms with E-state index in [0.29, 0.717) is 5.75 Å². The van der Waals surface area contributed by atoms with E-state index in [0.717, 1.165) is 3.57 Å². The fraction of sp³-hybridized carbons (Fsp3) is 0.385. The van der Waals surface area contributed by atoms with E-state index < -0.39 is 0 Å². The number of amides is 2. The number of carbonyl (C=O) groups is 2. The summed E-state index contributed by atoms with van der Waals surface area (Å²) in [5, 5.41) is 5.17. The van der Waals surface area contributed by atoms with Gasteiger partial charge in [-0.2, -0.15) is 0 Å². The quantitative estimate of drug-likeness (QED) is 0.736. The standard InChI is InChI=1S/C13H17IN2O3/c1-9(2)16-12(17)7-15-13(18)8-19-11-5-3-10(14)4-6-11/h3-6,9H,7-8H2,1-2H3,(H,15,18)(H,16,17). The predicted molar refractivity (Wildman–Crippen MR) is 80.9 cm³/mol. The van der Waals surface area contributed by atoms with Crippen molar-refractivity contribution in [3.8, 4) is 5.75 Å². The smallest absolute Gasteiger partial charge is 0.258 e. The van der Waals surface area contributed by atoms with Crippen LogP contribution in [0.3, 0.4) is 0 Å². The highest BCUT2D eigenvalue weighted by molar-refractivity contribution is 14.1. The highest BCUT2D eigenvalue weighted by Crippen LogP contribution is 2.12. The van der Waals surface area contributed by atoms with Crippen molar-refractivity contribution in [1.29, 1.82) is 0 Å². The zero-order chi connectivity index (χ0) is 14.3. The molecule has 6 heteroatoms. The number of ether oxygens (including phenoxy) is 1. The average Bonchev–Trinajstić information content (AvgIpc) is 2.35. The van der Waals surface area contributed by atoms with Crippen molar-refractivity contribution in [1.82, 2.24) is 10.6 Å². The topological polar surface area (TPSA) is 67.4 Å². The second kappa shape index (κ2) is 7.98. The van der Waals surface area contributed by atoms with Crippen LogP contribution in [0.2, 0.25) is 0 Å². The van der Waals surface area contributed by atoms with E-state index >= 15 is 0 Å². The van der Waals surface area contributed by atoms with E-state index in [1.54, 1.807) is 12.1 Å². The molecular formula is C13H17IN2O3. The molecule has 0 unspecified atom stereocenters. The van der Waals surface area contributed by atoms with Crippen molar-refractivity contribution in [3.63, 3.8) is 0 Å². The highest BCUT2D eigenvalue weighted by atomic mass is 127. The van der Waals surface area contributed by atoms with Crippen molar-refractivity contribution in [2.45, 2.75) is 19.9 Å². The van der Waals surface area contributed by atoms with Gasteiger partial charge in [0.2, 0.25) is 5.91 Å². The summed E-state index contributed by atoms with van der Waals surface area (Å²) in [6, 6.07) is 7.43. The maximum atomic E-state index is 11.5. The van der Waals surface area contributed by atoms with Gasteiger partial charge in [-0.3, -0.25) is 9.59 Å². The van der Waals surface area contributed by atoms with Gasteiger partial charge in [0.25, 0.3) is 5.91 Å². The second-order valence-electron chi connectivity index (χ2n) is 4.24. The summed E-state index contributed by atoms with van der Waals surface area (Å²) in [6.45, 7) is 3.59. The van der Waals surface area contributed by atoms with Gasteiger partial charge in [0, 0.05) is 9.61 Å². The number of rotatable bonds is 6. The molecule has 1 aromatic carbocycles. The number of carbonyl (C=O) groups excluding carboxylic acids is 2. The van der Waals surface area contributed by atoms with Crippen LogP contribution in [0.1, 0.15) is 13.8 Å². The Morgan fingerprint density at radius 1 is 1.21 bits per heavy atom. The molecule has 0 spiro atoms. The van der Waals surface area contributed by atoms with Gasteiger partial charge in [-0.05, 0) is 60.7 Å². The van der Waals surface area contributed by atoms with Gasteiger partial charge in [-0.15, -0.1) is 0 Å². The molecule has 0 bridgehead atoms. The molecule has 19 heavy (non-hydrogen) atoms. The van der Waals surface area contributed by atoms with E-state index in [9.17, 15) is 9.59 Å². The molecule has 0 saturated heterocycles. The average molecular weight is 376 g/mol. The molecule has 5 nitrogen and oxygen atoms in total. The molecule has 0 atom stereocenters. The van der Waals surface area contributed by atoms with Crippen LogP contribution >= 0.6 is 22.6 Å². The molecule has 0 aliphatic heterocycles. The van der Waals surface area contributed by atoms with E-state index in [1.807, 2.05) is 26.0 Å². The lowest BCUT2D eigenvalue weighted by Crippen LogP contribution is -2.41. The maximum Gasteiger partial charge on any atom is 0.258 e. The van der Waals surface area contributed by atoms with Crippen LogP contribution in [-0.2, 0) is 9.59 Å². The number of nitrogens with one attached hydrogen (secondary N) is 2. The Morgan fingerprint density at radius 2 is 1.84 bits per heavy atom. The van der Waals surface area contributed by atoms with Gasteiger partial charge in [0.1, 0.15) is 5.75 Å². The van der Waals surface area contributed by atoms with Gasteiger partial charge in [0.15, 0.2) is 6.61 Å². The Morgan fingerprint density at radius 3 is 2.42 bits per heavy atom. The lowest BCUT2D eigenvalue weighted by atomic mass is 10.3. The van der Waals surface area contributed by atoms with Gasteiger partial charge < -0.3 is 15.4 Å². The number of hydrogen-bond acceptors (Lipinski definition) is 3. The molecule has 1 rings (SSSR count). The second-order valence-corrected chi connectivity index (χ2v) is 5.49. The predicted octanol–water partition coefficient (Wildman–Crippen LogP) is 1.31. The molecule has 2 amide bonds. The first kappa shape index (κ1) is 15.7. The molecule has 0 aliphatic carbocycles. The van der Waals surface area contributed by atoms with Gasteiger partial charge >= 0.3 is 0 Å². The Balaban J connectivity index is 2.24. The van der Waals surface area contributed by atoms with Crippen molar-refractivity contribution < 1.29 is 14.3 Å². The minimum Gasteiger partial charge on any atom is -0.484 e. The van der Waals surface area contributed by atoms with Crippen LogP contribution in [0.15, 0.2) is 24.3 Å². The van der Waals surface area contributed by atoms with Crippen LogP contribution in [0.4, 0.5) is 0 Å².